The molecule has 0 bridgehead atoms. The van der Waals surface area contributed by atoms with Crippen molar-refractivity contribution in [2.75, 3.05) is 26.8 Å². The standard InChI is InChI=1S/C16H22FNO3/c1-3-16(11-19)6-8-18(9-7-16)15(20)13-5-4-12(21-2)10-14(13)17/h4-5,10,19H,3,6-9,11H2,1-2H3. The number of ether oxygens (including phenoxy) is 1. The zero-order chi connectivity index (χ0) is 15.5. The third-order valence-electron chi connectivity index (χ3n) is 4.60. The largest absolute Gasteiger partial charge is 0.497 e. The van der Waals surface area contributed by atoms with Crippen molar-refractivity contribution in [1.29, 1.82) is 0 Å². The second-order valence-electron chi connectivity index (χ2n) is 5.65. The Morgan fingerprint density at radius 3 is 2.57 bits per heavy atom. The number of rotatable bonds is 4. The minimum atomic E-state index is -0.561. The van der Waals surface area contributed by atoms with E-state index in [1.807, 2.05) is 0 Å². The second-order valence-corrected chi connectivity index (χ2v) is 5.65. The highest BCUT2D eigenvalue weighted by atomic mass is 19.1. The minimum Gasteiger partial charge on any atom is -0.497 e. The first-order chi connectivity index (χ1) is 10.0. The molecule has 1 heterocycles. The summed E-state index contributed by atoms with van der Waals surface area (Å²) in [7, 11) is 1.46. The van der Waals surface area contributed by atoms with Crippen LogP contribution in [0.2, 0.25) is 0 Å². The number of piperidine rings is 1. The fourth-order valence-corrected chi connectivity index (χ4v) is 2.77. The van der Waals surface area contributed by atoms with Crippen molar-refractivity contribution in [2.24, 2.45) is 5.41 Å². The highest BCUT2D eigenvalue weighted by Gasteiger charge is 2.34. The highest BCUT2D eigenvalue weighted by Crippen LogP contribution is 2.34. The van der Waals surface area contributed by atoms with Crippen LogP contribution in [0.1, 0.15) is 36.5 Å². The van der Waals surface area contributed by atoms with Crippen LogP contribution in [-0.2, 0) is 0 Å². The SMILES string of the molecule is CCC1(CO)CCN(C(=O)c2ccc(OC)cc2F)CC1. The number of hydrogen-bond donors (Lipinski definition) is 1. The maximum absolute atomic E-state index is 14.0. The van der Waals surface area contributed by atoms with Crippen LogP contribution in [-0.4, -0.2) is 42.7 Å². The number of halogens is 1. The van der Waals surface area contributed by atoms with E-state index in [4.69, 9.17) is 4.74 Å². The predicted octanol–water partition coefficient (Wildman–Crippen LogP) is 2.46. The summed E-state index contributed by atoms with van der Waals surface area (Å²) in [5.74, 6) is -0.459. The van der Waals surface area contributed by atoms with E-state index in [-0.39, 0.29) is 23.5 Å². The van der Waals surface area contributed by atoms with Crippen LogP contribution >= 0.6 is 0 Å². The molecule has 1 aromatic carbocycles. The van der Waals surface area contributed by atoms with E-state index in [2.05, 4.69) is 6.92 Å². The molecule has 0 unspecified atom stereocenters. The van der Waals surface area contributed by atoms with Crippen LogP contribution in [0.3, 0.4) is 0 Å². The van der Waals surface area contributed by atoms with E-state index < -0.39 is 5.82 Å². The highest BCUT2D eigenvalue weighted by molar-refractivity contribution is 5.94. The topological polar surface area (TPSA) is 49.8 Å². The fraction of sp³-hybridized carbons (Fsp3) is 0.562. The minimum absolute atomic E-state index is 0.0730. The fourth-order valence-electron chi connectivity index (χ4n) is 2.77. The molecule has 0 saturated carbocycles. The molecule has 1 amide bonds. The summed E-state index contributed by atoms with van der Waals surface area (Å²) in [6.07, 6.45) is 2.40. The van der Waals surface area contributed by atoms with Gasteiger partial charge in [0.1, 0.15) is 11.6 Å². The van der Waals surface area contributed by atoms with Crippen LogP contribution < -0.4 is 4.74 Å². The lowest BCUT2D eigenvalue weighted by atomic mass is 9.77. The predicted molar refractivity (Wildman–Crippen MR) is 77.9 cm³/mol. The van der Waals surface area contributed by atoms with Crippen LogP contribution in [0.25, 0.3) is 0 Å². The lowest BCUT2D eigenvalue weighted by molar-refractivity contribution is 0.0335. The maximum atomic E-state index is 14.0. The van der Waals surface area contributed by atoms with Gasteiger partial charge in [0.25, 0.3) is 5.91 Å². The number of carbonyl (C=O) groups is 1. The van der Waals surface area contributed by atoms with Gasteiger partial charge in [0.2, 0.25) is 0 Å². The molecular formula is C16H22FNO3. The molecule has 1 aliphatic rings. The van der Waals surface area contributed by atoms with Gasteiger partial charge < -0.3 is 14.7 Å². The van der Waals surface area contributed by atoms with Crippen LogP contribution in [0.5, 0.6) is 5.75 Å². The van der Waals surface area contributed by atoms with Gasteiger partial charge in [-0.3, -0.25) is 4.79 Å². The quantitative estimate of drug-likeness (QED) is 0.928. The molecule has 21 heavy (non-hydrogen) atoms. The molecule has 0 radical (unpaired) electrons. The molecular weight excluding hydrogens is 273 g/mol. The third-order valence-corrected chi connectivity index (χ3v) is 4.60. The first kappa shape index (κ1) is 15.8. The van der Waals surface area contributed by atoms with Crippen LogP contribution in [0, 0.1) is 11.2 Å². The van der Waals surface area contributed by atoms with Crippen molar-refractivity contribution in [3.05, 3.63) is 29.6 Å². The van der Waals surface area contributed by atoms with Crippen molar-refractivity contribution >= 4 is 5.91 Å². The first-order valence-electron chi connectivity index (χ1n) is 7.29. The molecule has 0 atom stereocenters. The van der Waals surface area contributed by atoms with Crippen molar-refractivity contribution in [2.45, 2.75) is 26.2 Å². The Morgan fingerprint density at radius 1 is 1.43 bits per heavy atom. The summed E-state index contributed by atoms with van der Waals surface area (Å²) in [6.45, 7) is 3.30. The van der Waals surface area contributed by atoms with Gasteiger partial charge in [-0.05, 0) is 36.8 Å². The number of benzene rings is 1. The van der Waals surface area contributed by atoms with E-state index in [0.717, 1.165) is 19.3 Å². The summed E-state index contributed by atoms with van der Waals surface area (Å²) < 4.78 is 18.9. The van der Waals surface area contributed by atoms with Crippen molar-refractivity contribution < 1.29 is 19.0 Å². The second kappa shape index (κ2) is 6.43. The molecule has 0 spiro atoms. The van der Waals surface area contributed by atoms with E-state index in [1.54, 1.807) is 11.0 Å². The first-order valence-corrected chi connectivity index (χ1v) is 7.29. The van der Waals surface area contributed by atoms with Crippen molar-refractivity contribution in [1.82, 2.24) is 4.90 Å². The molecule has 1 fully saturated rings. The normalized spacial score (nSPS) is 17.6. The average molecular weight is 295 g/mol. The molecule has 5 heteroatoms. The Bertz CT molecular complexity index is 504. The van der Waals surface area contributed by atoms with Crippen molar-refractivity contribution in [3.8, 4) is 5.75 Å². The molecule has 116 valence electrons. The van der Waals surface area contributed by atoms with Gasteiger partial charge in [0.05, 0.1) is 12.7 Å². The molecule has 2 rings (SSSR count). The lowest BCUT2D eigenvalue weighted by Gasteiger charge is -2.40. The number of methoxy groups -OCH3 is 1. The molecule has 1 aromatic rings. The van der Waals surface area contributed by atoms with Gasteiger partial charge in [-0.15, -0.1) is 0 Å². The molecule has 4 nitrogen and oxygen atoms in total. The van der Waals surface area contributed by atoms with Gasteiger partial charge in [-0.1, -0.05) is 6.92 Å². The van der Waals surface area contributed by atoms with Crippen LogP contribution in [0.4, 0.5) is 4.39 Å². The maximum Gasteiger partial charge on any atom is 0.256 e. The Morgan fingerprint density at radius 2 is 2.10 bits per heavy atom. The summed E-state index contributed by atoms with van der Waals surface area (Å²) >= 11 is 0. The van der Waals surface area contributed by atoms with E-state index >= 15 is 0 Å². The molecule has 1 aliphatic heterocycles. The summed E-state index contributed by atoms with van der Waals surface area (Å²) in [4.78, 5) is 14.1. The average Bonchev–Trinajstić information content (AvgIpc) is 2.54. The molecule has 0 aromatic heterocycles. The number of hydrogen-bond acceptors (Lipinski definition) is 3. The Labute approximate surface area is 124 Å². The lowest BCUT2D eigenvalue weighted by Crippen LogP contribution is -2.44. The number of nitrogens with zero attached hydrogens (tertiary/aromatic N) is 1. The number of carbonyl (C=O) groups excluding carboxylic acids is 1. The number of aliphatic hydroxyl groups is 1. The Balaban J connectivity index is 2.08. The van der Waals surface area contributed by atoms with Crippen molar-refractivity contribution in [3.63, 3.8) is 0 Å². The van der Waals surface area contributed by atoms with Gasteiger partial charge in [-0.2, -0.15) is 0 Å². The number of aliphatic hydroxyl groups excluding tert-OH is 1. The Hall–Kier alpha value is -1.62. The molecule has 1 saturated heterocycles. The van der Waals surface area contributed by atoms with Gasteiger partial charge >= 0.3 is 0 Å². The molecule has 0 aliphatic carbocycles. The number of amides is 1. The van der Waals surface area contributed by atoms with Gasteiger partial charge in [0, 0.05) is 25.8 Å². The number of likely N-dealkylation sites (tertiary alicyclic amines) is 1. The zero-order valence-electron chi connectivity index (χ0n) is 12.6. The summed E-state index contributed by atoms with van der Waals surface area (Å²) in [5.41, 5.74) is -0.0151. The van der Waals surface area contributed by atoms with E-state index in [1.165, 1.54) is 19.2 Å². The van der Waals surface area contributed by atoms with Crippen LogP contribution in [0.15, 0.2) is 18.2 Å². The van der Waals surface area contributed by atoms with E-state index in [0.29, 0.717) is 18.8 Å². The monoisotopic (exact) mass is 295 g/mol. The zero-order valence-corrected chi connectivity index (χ0v) is 12.6. The van der Waals surface area contributed by atoms with E-state index in [9.17, 15) is 14.3 Å². The molecule has 1 N–H and O–H groups in total. The smallest absolute Gasteiger partial charge is 0.256 e. The summed E-state index contributed by atoms with van der Waals surface area (Å²) in [6, 6.07) is 4.27. The van der Waals surface area contributed by atoms with Gasteiger partial charge in [-0.25, -0.2) is 4.39 Å². The Kier molecular flexibility index (Phi) is 4.83. The third kappa shape index (κ3) is 3.18. The summed E-state index contributed by atoms with van der Waals surface area (Å²) in [5, 5.41) is 9.51. The van der Waals surface area contributed by atoms with Gasteiger partial charge in [0.15, 0.2) is 0 Å².